The maximum Gasteiger partial charge on any atom is 0.267 e. The minimum atomic E-state index is -0.961. The molecule has 0 atom stereocenters. The molecule has 6 heteroatoms. The first-order valence-electron chi connectivity index (χ1n) is 7.45. The fourth-order valence-electron chi connectivity index (χ4n) is 1.82. The second-order valence-corrected chi connectivity index (χ2v) is 4.51. The number of carbonyl (C=O) groups excluding carboxylic acids is 2. The third kappa shape index (κ3) is 5.02. The van der Waals surface area contributed by atoms with E-state index in [0.717, 1.165) is 12.1 Å². The molecule has 0 spiro atoms. The third-order valence-electron chi connectivity index (χ3n) is 3.01. The van der Waals surface area contributed by atoms with Gasteiger partial charge >= 0.3 is 0 Å². The number of H-pyrrole nitrogens is 1. The molecule has 23 heavy (non-hydrogen) atoms. The van der Waals surface area contributed by atoms with Gasteiger partial charge < -0.3 is 10.3 Å². The van der Waals surface area contributed by atoms with Crippen molar-refractivity contribution in [3.8, 4) is 0 Å². The van der Waals surface area contributed by atoms with E-state index in [2.05, 4.69) is 10.3 Å². The summed E-state index contributed by atoms with van der Waals surface area (Å²) < 4.78 is 25.8. The summed E-state index contributed by atoms with van der Waals surface area (Å²) in [6.07, 6.45) is 1.83. The summed E-state index contributed by atoms with van der Waals surface area (Å²) >= 11 is 0. The average Bonchev–Trinajstić information content (AvgIpc) is 3.07. The molecule has 0 fully saturated rings. The van der Waals surface area contributed by atoms with Crippen molar-refractivity contribution in [2.45, 2.75) is 33.7 Å². The molecule has 0 saturated heterocycles. The lowest BCUT2D eigenvalue weighted by molar-refractivity contribution is 0.0946. The van der Waals surface area contributed by atoms with Crippen molar-refractivity contribution in [2.24, 2.45) is 0 Å². The highest BCUT2D eigenvalue weighted by molar-refractivity contribution is 6.00. The van der Waals surface area contributed by atoms with Crippen LogP contribution in [0.5, 0.6) is 0 Å². The normalized spacial score (nSPS) is 9.78. The molecule has 2 aromatic rings. The Morgan fingerprint density at radius 2 is 1.83 bits per heavy atom. The van der Waals surface area contributed by atoms with Crippen molar-refractivity contribution in [3.05, 3.63) is 58.9 Å². The van der Waals surface area contributed by atoms with E-state index in [0.29, 0.717) is 17.5 Å². The number of Topliss-reactive ketones (excluding diaryl/α,β-unsaturated/α-hetero) is 1. The van der Waals surface area contributed by atoms with Crippen LogP contribution in [0.4, 0.5) is 8.78 Å². The number of ketones is 1. The highest BCUT2D eigenvalue weighted by Gasteiger charge is 2.12. The van der Waals surface area contributed by atoms with Gasteiger partial charge in [-0.25, -0.2) is 8.78 Å². The SMILES string of the molecule is CC.CCC(=O)c1c[nH]c(C(=O)NCc2ccc(F)c(F)c2)c1. The van der Waals surface area contributed by atoms with Gasteiger partial charge in [0.15, 0.2) is 17.4 Å². The maximum atomic E-state index is 13.0. The van der Waals surface area contributed by atoms with Gasteiger partial charge in [0.1, 0.15) is 5.69 Å². The zero-order valence-corrected chi connectivity index (χ0v) is 13.4. The van der Waals surface area contributed by atoms with Gasteiger partial charge in [-0.3, -0.25) is 9.59 Å². The topological polar surface area (TPSA) is 62.0 Å². The zero-order valence-electron chi connectivity index (χ0n) is 13.4. The Morgan fingerprint density at radius 1 is 1.13 bits per heavy atom. The maximum absolute atomic E-state index is 13.0. The fourth-order valence-corrected chi connectivity index (χ4v) is 1.82. The monoisotopic (exact) mass is 322 g/mol. The molecule has 0 saturated carbocycles. The van der Waals surface area contributed by atoms with Crippen molar-refractivity contribution >= 4 is 11.7 Å². The number of aromatic nitrogens is 1. The van der Waals surface area contributed by atoms with Crippen molar-refractivity contribution in [1.29, 1.82) is 0 Å². The molecule has 2 rings (SSSR count). The molecule has 0 radical (unpaired) electrons. The van der Waals surface area contributed by atoms with Crippen LogP contribution in [0.3, 0.4) is 0 Å². The van der Waals surface area contributed by atoms with Gasteiger partial charge in [-0.1, -0.05) is 26.8 Å². The molecule has 1 amide bonds. The molecule has 1 aromatic carbocycles. The van der Waals surface area contributed by atoms with Gasteiger partial charge in [0.25, 0.3) is 5.91 Å². The van der Waals surface area contributed by atoms with Crippen LogP contribution in [-0.4, -0.2) is 16.7 Å². The molecule has 2 N–H and O–H groups in total. The molecule has 0 aliphatic heterocycles. The second kappa shape index (κ2) is 8.82. The van der Waals surface area contributed by atoms with E-state index >= 15 is 0 Å². The van der Waals surface area contributed by atoms with Crippen molar-refractivity contribution in [2.75, 3.05) is 0 Å². The summed E-state index contributed by atoms with van der Waals surface area (Å²) in [6, 6.07) is 4.88. The summed E-state index contributed by atoms with van der Waals surface area (Å²) in [5.74, 6) is -2.38. The number of nitrogens with one attached hydrogen (secondary N) is 2. The van der Waals surface area contributed by atoms with E-state index in [9.17, 15) is 18.4 Å². The van der Waals surface area contributed by atoms with E-state index < -0.39 is 17.5 Å². The first-order chi connectivity index (χ1) is 11.0. The summed E-state index contributed by atoms with van der Waals surface area (Å²) in [5, 5.41) is 2.56. The van der Waals surface area contributed by atoms with Gasteiger partial charge in [0.2, 0.25) is 0 Å². The standard InChI is InChI=1S/C15H14F2N2O2.C2H6/c1-2-14(20)10-6-13(18-8-10)15(21)19-7-9-3-4-11(16)12(17)5-9;1-2/h3-6,8,18H,2,7H2,1H3,(H,19,21);1-2H3. The molecule has 1 heterocycles. The second-order valence-electron chi connectivity index (χ2n) is 4.51. The molecule has 0 aliphatic rings. The lowest BCUT2D eigenvalue weighted by atomic mass is 10.1. The Hall–Kier alpha value is -2.50. The van der Waals surface area contributed by atoms with Gasteiger partial charge in [0, 0.05) is 24.7 Å². The van der Waals surface area contributed by atoms with E-state index in [4.69, 9.17) is 0 Å². The van der Waals surface area contributed by atoms with Crippen molar-refractivity contribution in [1.82, 2.24) is 10.3 Å². The molecule has 0 bridgehead atoms. The number of rotatable bonds is 5. The van der Waals surface area contributed by atoms with Crippen LogP contribution in [0.15, 0.2) is 30.5 Å². The summed E-state index contributed by atoms with van der Waals surface area (Å²) in [4.78, 5) is 26.1. The Labute approximate surface area is 133 Å². The summed E-state index contributed by atoms with van der Waals surface area (Å²) in [6.45, 7) is 5.80. The first-order valence-corrected chi connectivity index (χ1v) is 7.45. The largest absolute Gasteiger partial charge is 0.356 e. The quantitative estimate of drug-likeness (QED) is 0.822. The molecule has 1 aromatic heterocycles. The highest BCUT2D eigenvalue weighted by atomic mass is 19.2. The smallest absolute Gasteiger partial charge is 0.267 e. The van der Waals surface area contributed by atoms with Crippen LogP contribution in [0.2, 0.25) is 0 Å². The molecule has 0 unspecified atom stereocenters. The fraction of sp³-hybridized carbons (Fsp3) is 0.294. The Balaban J connectivity index is 0.00000127. The van der Waals surface area contributed by atoms with Crippen LogP contribution in [0.1, 0.15) is 53.6 Å². The van der Waals surface area contributed by atoms with Crippen LogP contribution in [-0.2, 0) is 6.54 Å². The molecular weight excluding hydrogens is 302 g/mol. The van der Waals surface area contributed by atoms with Gasteiger partial charge in [-0.15, -0.1) is 0 Å². The lowest BCUT2D eigenvalue weighted by Crippen LogP contribution is -2.23. The molecule has 0 aliphatic carbocycles. The minimum Gasteiger partial charge on any atom is -0.356 e. The minimum absolute atomic E-state index is 0.0616. The van der Waals surface area contributed by atoms with E-state index in [1.807, 2.05) is 13.8 Å². The summed E-state index contributed by atoms with van der Waals surface area (Å²) in [5.41, 5.74) is 1.13. The van der Waals surface area contributed by atoms with E-state index in [1.54, 1.807) is 6.92 Å². The number of hydrogen-bond donors (Lipinski definition) is 2. The molecule has 124 valence electrons. The van der Waals surface area contributed by atoms with Crippen molar-refractivity contribution < 1.29 is 18.4 Å². The van der Waals surface area contributed by atoms with Crippen molar-refractivity contribution in [3.63, 3.8) is 0 Å². The van der Waals surface area contributed by atoms with E-state index in [1.165, 1.54) is 18.3 Å². The highest BCUT2D eigenvalue weighted by Crippen LogP contribution is 2.09. The molecule has 4 nitrogen and oxygen atoms in total. The van der Waals surface area contributed by atoms with Gasteiger partial charge in [-0.05, 0) is 23.8 Å². The first kappa shape index (κ1) is 18.5. The lowest BCUT2D eigenvalue weighted by Gasteiger charge is -2.04. The molecular formula is C17H20F2N2O2. The number of hydrogen-bond acceptors (Lipinski definition) is 2. The number of halogens is 2. The predicted octanol–water partition coefficient (Wildman–Crippen LogP) is 3.84. The van der Waals surface area contributed by atoms with Crippen LogP contribution in [0.25, 0.3) is 0 Å². The van der Waals surface area contributed by atoms with Gasteiger partial charge in [0.05, 0.1) is 0 Å². The Kier molecular flexibility index (Phi) is 7.12. The number of aromatic amines is 1. The Morgan fingerprint density at radius 3 is 2.43 bits per heavy atom. The summed E-state index contributed by atoms with van der Waals surface area (Å²) in [7, 11) is 0. The number of amides is 1. The van der Waals surface area contributed by atoms with Gasteiger partial charge in [-0.2, -0.15) is 0 Å². The predicted molar refractivity (Wildman–Crippen MR) is 84.3 cm³/mol. The van der Waals surface area contributed by atoms with Crippen LogP contribution in [0, 0.1) is 11.6 Å². The number of carbonyl (C=O) groups is 2. The van der Waals surface area contributed by atoms with E-state index in [-0.39, 0.29) is 18.0 Å². The average molecular weight is 322 g/mol. The Bertz CT molecular complexity index is 681. The number of benzene rings is 1. The third-order valence-corrected chi connectivity index (χ3v) is 3.01. The van der Waals surface area contributed by atoms with Crippen LogP contribution >= 0.6 is 0 Å². The van der Waals surface area contributed by atoms with Crippen LogP contribution < -0.4 is 5.32 Å². The zero-order chi connectivity index (χ0) is 17.4.